The van der Waals surface area contributed by atoms with E-state index in [1.165, 1.54) is 7.11 Å². The average molecular weight is 412 g/mol. The first-order valence-electron chi connectivity index (χ1n) is 9.16. The zero-order valence-corrected chi connectivity index (χ0v) is 17.3. The molecule has 0 spiro atoms. The summed E-state index contributed by atoms with van der Waals surface area (Å²) in [5.74, 6) is 0.0395. The fourth-order valence-corrected chi connectivity index (χ4v) is 3.38. The zero-order valence-electron chi connectivity index (χ0n) is 16.6. The van der Waals surface area contributed by atoms with Crippen LogP contribution in [0.15, 0.2) is 65.4 Å². The van der Waals surface area contributed by atoms with Gasteiger partial charge in [-0.15, -0.1) is 0 Å². The number of amides is 1. The molecule has 0 N–H and O–H groups in total. The molecule has 0 bridgehead atoms. The van der Waals surface area contributed by atoms with Crippen LogP contribution in [-0.4, -0.2) is 37.5 Å². The normalized spacial score (nSPS) is 15.2. The zero-order chi connectivity index (χ0) is 21.0. The van der Waals surface area contributed by atoms with Gasteiger partial charge in [0.1, 0.15) is 5.75 Å². The molecule has 5 nitrogen and oxygen atoms in total. The number of halogens is 1. The van der Waals surface area contributed by atoms with E-state index in [9.17, 15) is 9.59 Å². The van der Waals surface area contributed by atoms with E-state index in [1.807, 2.05) is 24.3 Å². The van der Waals surface area contributed by atoms with E-state index < -0.39 is 5.97 Å². The van der Waals surface area contributed by atoms with Gasteiger partial charge in [0.05, 0.1) is 25.4 Å². The second kappa shape index (κ2) is 8.97. The van der Waals surface area contributed by atoms with Gasteiger partial charge in [0.2, 0.25) is 0 Å². The largest absolute Gasteiger partial charge is 0.497 e. The van der Waals surface area contributed by atoms with Crippen LogP contribution < -0.4 is 4.74 Å². The molecule has 0 aromatic heterocycles. The predicted octanol–water partition coefficient (Wildman–Crippen LogP) is 4.26. The lowest BCUT2D eigenvalue weighted by molar-refractivity contribution is -0.136. The second-order valence-electron chi connectivity index (χ2n) is 6.62. The lowest BCUT2D eigenvalue weighted by Gasteiger charge is -2.18. The Kier molecular flexibility index (Phi) is 6.39. The third-order valence-corrected chi connectivity index (χ3v) is 5.12. The average Bonchev–Trinajstić information content (AvgIpc) is 2.97. The van der Waals surface area contributed by atoms with Gasteiger partial charge < -0.3 is 14.4 Å². The lowest BCUT2D eigenvalue weighted by Crippen LogP contribution is -2.27. The third kappa shape index (κ3) is 4.51. The maximum absolute atomic E-state index is 13.1. The smallest absolute Gasteiger partial charge is 0.340 e. The summed E-state index contributed by atoms with van der Waals surface area (Å²) in [5.41, 5.74) is 3.06. The predicted molar refractivity (Wildman–Crippen MR) is 113 cm³/mol. The molecule has 0 saturated carbocycles. The molecule has 1 aliphatic rings. The second-order valence-corrected chi connectivity index (χ2v) is 7.05. The van der Waals surface area contributed by atoms with Gasteiger partial charge in [-0.25, -0.2) is 4.79 Å². The summed E-state index contributed by atoms with van der Waals surface area (Å²) in [6.07, 6.45) is 2.34. The van der Waals surface area contributed by atoms with Crippen molar-refractivity contribution in [3.05, 3.63) is 81.5 Å². The molecule has 2 aromatic carbocycles. The van der Waals surface area contributed by atoms with Crippen LogP contribution in [0.4, 0.5) is 0 Å². The van der Waals surface area contributed by atoms with Gasteiger partial charge in [0.25, 0.3) is 5.91 Å². The van der Waals surface area contributed by atoms with Crippen molar-refractivity contribution in [3.8, 4) is 5.75 Å². The Morgan fingerprint density at radius 2 is 1.72 bits per heavy atom. The Morgan fingerprint density at radius 1 is 1.07 bits per heavy atom. The summed E-state index contributed by atoms with van der Waals surface area (Å²) in [6, 6.07) is 14.8. The van der Waals surface area contributed by atoms with Crippen molar-refractivity contribution in [1.29, 1.82) is 0 Å². The number of carbonyl (C=O) groups is 2. The highest BCUT2D eigenvalue weighted by Crippen LogP contribution is 2.32. The van der Waals surface area contributed by atoms with Crippen LogP contribution >= 0.6 is 11.6 Å². The maximum Gasteiger partial charge on any atom is 0.340 e. The molecule has 3 rings (SSSR count). The van der Waals surface area contributed by atoms with E-state index in [-0.39, 0.29) is 5.91 Å². The van der Waals surface area contributed by atoms with Crippen molar-refractivity contribution >= 4 is 29.6 Å². The summed E-state index contributed by atoms with van der Waals surface area (Å²) in [5, 5.41) is 0.603. The first-order chi connectivity index (χ1) is 13.9. The van der Waals surface area contributed by atoms with E-state index >= 15 is 0 Å². The highest BCUT2D eigenvalue weighted by Gasteiger charge is 2.36. The minimum atomic E-state index is -0.525. The quantitative estimate of drug-likeness (QED) is 0.526. The van der Waals surface area contributed by atoms with Gasteiger partial charge >= 0.3 is 5.97 Å². The molecule has 0 aliphatic carbocycles. The molecule has 0 unspecified atom stereocenters. The molecule has 0 saturated heterocycles. The van der Waals surface area contributed by atoms with Gasteiger partial charge in [0.15, 0.2) is 0 Å². The van der Waals surface area contributed by atoms with Crippen molar-refractivity contribution in [2.24, 2.45) is 0 Å². The van der Waals surface area contributed by atoms with Crippen LogP contribution in [-0.2, 0) is 20.7 Å². The lowest BCUT2D eigenvalue weighted by atomic mass is 10.0. The van der Waals surface area contributed by atoms with Crippen molar-refractivity contribution in [2.75, 3.05) is 20.8 Å². The van der Waals surface area contributed by atoms with Crippen molar-refractivity contribution < 1.29 is 19.1 Å². The number of allylic oxidation sites excluding steroid dienone is 1. The number of methoxy groups -OCH3 is 2. The Morgan fingerprint density at radius 3 is 2.31 bits per heavy atom. The van der Waals surface area contributed by atoms with Gasteiger partial charge in [-0.2, -0.15) is 0 Å². The molecule has 1 heterocycles. The van der Waals surface area contributed by atoms with Gasteiger partial charge in [-0.05, 0) is 54.8 Å². The Labute approximate surface area is 175 Å². The number of hydrogen-bond acceptors (Lipinski definition) is 4. The topological polar surface area (TPSA) is 55.8 Å². The maximum atomic E-state index is 13.1. The number of benzene rings is 2. The van der Waals surface area contributed by atoms with E-state index in [2.05, 4.69) is 0 Å². The molecular weight excluding hydrogens is 390 g/mol. The van der Waals surface area contributed by atoms with Crippen LogP contribution in [0.3, 0.4) is 0 Å². The van der Waals surface area contributed by atoms with Gasteiger partial charge in [-0.3, -0.25) is 4.79 Å². The number of esters is 1. The van der Waals surface area contributed by atoms with E-state index in [0.717, 1.165) is 16.9 Å². The van der Waals surface area contributed by atoms with Crippen molar-refractivity contribution in [1.82, 2.24) is 4.90 Å². The highest BCUT2D eigenvalue weighted by molar-refractivity contribution is 6.30. The molecule has 150 valence electrons. The third-order valence-electron chi connectivity index (χ3n) is 4.87. The van der Waals surface area contributed by atoms with E-state index in [0.29, 0.717) is 34.8 Å². The Balaban J connectivity index is 1.87. The number of hydrogen-bond donors (Lipinski definition) is 0. The van der Waals surface area contributed by atoms with Crippen molar-refractivity contribution in [3.63, 3.8) is 0 Å². The molecule has 0 atom stereocenters. The molecule has 29 heavy (non-hydrogen) atoms. The summed E-state index contributed by atoms with van der Waals surface area (Å²) in [6.45, 7) is 2.22. The monoisotopic (exact) mass is 411 g/mol. The van der Waals surface area contributed by atoms with Crippen LogP contribution in [0.1, 0.15) is 18.1 Å². The first kappa shape index (κ1) is 20.7. The Bertz CT molecular complexity index is 975. The summed E-state index contributed by atoms with van der Waals surface area (Å²) in [4.78, 5) is 27.1. The van der Waals surface area contributed by atoms with Crippen LogP contribution in [0.5, 0.6) is 5.75 Å². The number of ether oxygens (including phenoxy) is 2. The Hall–Kier alpha value is -3.05. The molecular formula is C23H22ClNO4. The number of nitrogens with zero attached hydrogens (tertiary/aromatic N) is 1. The van der Waals surface area contributed by atoms with Crippen LogP contribution in [0, 0.1) is 0 Å². The molecule has 1 aliphatic heterocycles. The molecule has 6 heteroatoms. The molecule has 0 fully saturated rings. The first-order valence-corrected chi connectivity index (χ1v) is 9.54. The summed E-state index contributed by atoms with van der Waals surface area (Å²) >= 11 is 5.94. The minimum absolute atomic E-state index is 0.216. The van der Waals surface area contributed by atoms with E-state index in [1.54, 1.807) is 49.3 Å². The summed E-state index contributed by atoms with van der Waals surface area (Å²) < 4.78 is 10.1. The molecule has 2 aromatic rings. The molecule has 1 amide bonds. The highest BCUT2D eigenvalue weighted by atomic mass is 35.5. The summed E-state index contributed by atoms with van der Waals surface area (Å²) in [7, 11) is 2.93. The van der Waals surface area contributed by atoms with Crippen LogP contribution in [0.2, 0.25) is 5.02 Å². The van der Waals surface area contributed by atoms with Crippen molar-refractivity contribution in [2.45, 2.75) is 13.3 Å². The SMILES string of the molecule is COC(=O)C1=C(C)N(CCc2ccc(OC)cc2)C(=O)/C1=C\c1ccc(Cl)cc1. The van der Waals surface area contributed by atoms with E-state index in [4.69, 9.17) is 21.1 Å². The molecule has 0 radical (unpaired) electrons. The standard InChI is InChI=1S/C23H22ClNO4/c1-15-21(23(27)29-3)20(14-17-4-8-18(24)9-5-17)22(26)25(15)13-12-16-6-10-19(28-2)11-7-16/h4-11,14H,12-13H2,1-3H3/b20-14-. The minimum Gasteiger partial charge on any atom is -0.497 e. The van der Waals surface area contributed by atoms with Crippen LogP contribution in [0.25, 0.3) is 6.08 Å². The fourth-order valence-electron chi connectivity index (χ4n) is 3.26. The van der Waals surface area contributed by atoms with Gasteiger partial charge in [-0.1, -0.05) is 35.9 Å². The number of rotatable bonds is 6. The van der Waals surface area contributed by atoms with Gasteiger partial charge in [0, 0.05) is 17.3 Å². The number of carbonyl (C=O) groups excluding carboxylic acids is 2. The fraction of sp³-hybridized carbons (Fsp3) is 0.217.